The van der Waals surface area contributed by atoms with E-state index in [1.165, 1.54) is 11.8 Å². The zero-order chi connectivity index (χ0) is 19.6. The van der Waals surface area contributed by atoms with Crippen molar-refractivity contribution in [2.24, 2.45) is 0 Å². The molecular weight excluding hydrogens is 373 g/mol. The SMILES string of the molecule is CCN1CCCN(C(=O)CSc2ncccn2)CC1.O=C(O)C(F)(F)F. The number of carboxylic acids is 1. The number of amides is 1. The van der Waals surface area contributed by atoms with Crippen LogP contribution in [0.1, 0.15) is 13.3 Å². The number of likely N-dealkylation sites (N-methyl/N-ethyl adjacent to an activating group) is 1. The number of rotatable bonds is 4. The molecule has 2 rings (SSSR count). The molecule has 0 aliphatic carbocycles. The summed E-state index contributed by atoms with van der Waals surface area (Å²) in [4.78, 5) is 33.6. The highest BCUT2D eigenvalue weighted by Gasteiger charge is 2.38. The molecule has 0 bridgehead atoms. The minimum atomic E-state index is -5.08. The van der Waals surface area contributed by atoms with E-state index in [0.29, 0.717) is 10.9 Å². The standard InChI is InChI=1S/C13H20N4OS.C2HF3O2/c1-2-16-7-4-8-17(10-9-16)12(18)11-19-13-14-5-3-6-15-13;3-2(4,5)1(6)7/h3,5-6H,2,4,7-11H2,1H3;(H,6,7). The monoisotopic (exact) mass is 394 g/mol. The van der Waals surface area contributed by atoms with Crippen LogP contribution in [0.3, 0.4) is 0 Å². The lowest BCUT2D eigenvalue weighted by Crippen LogP contribution is -2.36. The maximum atomic E-state index is 12.2. The fraction of sp³-hybridized carbons (Fsp3) is 0.600. The van der Waals surface area contributed by atoms with Crippen molar-refractivity contribution in [2.45, 2.75) is 24.7 Å². The van der Waals surface area contributed by atoms with Crippen LogP contribution >= 0.6 is 11.8 Å². The highest BCUT2D eigenvalue weighted by molar-refractivity contribution is 7.99. The van der Waals surface area contributed by atoms with Gasteiger partial charge in [0.05, 0.1) is 5.75 Å². The first-order valence-electron chi connectivity index (χ1n) is 7.94. The Labute approximate surface area is 153 Å². The van der Waals surface area contributed by atoms with Crippen LogP contribution in [-0.4, -0.2) is 81.4 Å². The van der Waals surface area contributed by atoms with Crippen LogP contribution in [0.15, 0.2) is 23.6 Å². The van der Waals surface area contributed by atoms with Crippen LogP contribution in [0.4, 0.5) is 13.2 Å². The van der Waals surface area contributed by atoms with Crippen molar-refractivity contribution in [1.29, 1.82) is 0 Å². The summed E-state index contributed by atoms with van der Waals surface area (Å²) in [7, 11) is 0. The van der Waals surface area contributed by atoms with E-state index in [0.717, 1.165) is 39.1 Å². The second kappa shape index (κ2) is 11.0. The molecule has 1 saturated heterocycles. The van der Waals surface area contributed by atoms with Gasteiger partial charge in [0.25, 0.3) is 0 Å². The number of thioether (sulfide) groups is 1. The molecule has 26 heavy (non-hydrogen) atoms. The Balaban J connectivity index is 0.000000412. The molecule has 0 atom stereocenters. The van der Waals surface area contributed by atoms with E-state index in [4.69, 9.17) is 9.90 Å². The summed E-state index contributed by atoms with van der Waals surface area (Å²) in [6.45, 7) is 7.01. The first-order valence-corrected chi connectivity index (χ1v) is 8.92. The molecule has 1 aromatic heterocycles. The average molecular weight is 394 g/mol. The number of nitrogens with zero attached hydrogens (tertiary/aromatic N) is 4. The number of aromatic nitrogens is 2. The van der Waals surface area contributed by atoms with E-state index in [1.807, 2.05) is 4.90 Å². The number of carbonyl (C=O) groups is 2. The van der Waals surface area contributed by atoms with Crippen LogP contribution in [0.2, 0.25) is 0 Å². The summed E-state index contributed by atoms with van der Waals surface area (Å²) in [6.07, 6.45) is -0.623. The van der Waals surface area contributed by atoms with Crippen molar-refractivity contribution in [1.82, 2.24) is 19.8 Å². The first-order chi connectivity index (χ1) is 12.2. The fourth-order valence-electron chi connectivity index (χ4n) is 2.11. The molecule has 146 valence electrons. The number of carboxylic acid groups (broad SMARTS) is 1. The van der Waals surface area contributed by atoms with Gasteiger partial charge in [-0.15, -0.1) is 0 Å². The quantitative estimate of drug-likeness (QED) is 0.615. The minimum Gasteiger partial charge on any atom is -0.475 e. The molecule has 0 spiro atoms. The zero-order valence-corrected chi connectivity index (χ0v) is 15.1. The predicted octanol–water partition coefficient (Wildman–Crippen LogP) is 1.76. The van der Waals surface area contributed by atoms with Gasteiger partial charge < -0.3 is 14.9 Å². The van der Waals surface area contributed by atoms with E-state index in [-0.39, 0.29) is 5.91 Å². The number of carbonyl (C=O) groups excluding carboxylic acids is 1. The molecule has 1 N–H and O–H groups in total. The summed E-state index contributed by atoms with van der Waals surface area (Å²) in [5, 5.41) is 7.79. The van der Waals surface area contributed by atoms with Crippen LogP contribution < -0.4 is 0 Å². The Bertz CT molecular complexity index is 575. The third-order valence-corrected chi connectivity index (χ3v) is 4.36. The van der Waals surface area contributed by atoms with Crippen LogP contribution in [0.25, 0.3) is 0 Å². The molecule has 11 heteroatoms. The van der Waals surface area contributed by atoms with E-state index < -0.39 is 12.1 Å². The van der Waals surface area contributed by atoms with E-state index >= 15 is 0 Å². The van der Waals surface area contributed by atoms with Gasteiger partial charge >= 0.3 is 12.1 Å². The van der Waals surface area contributed by atoms with Gasteiger partial charge in [0.1, 0.15) is 0 Å². The van der Waals surface area contributed by atoms with Crippen molar-refractivity contribution in [3.05, 3.63) is 18.5 Å². The van der Waals surface area contributed by atoms with Gasteiger partial charge in [-0.1, -0.05) is 18.7 Å². The van der Waals surface area contributed by atoms with Crippen LogP contribution in [0.5, 0.6) is 0 Å². The minimum absolute atomic E-state index is 0.190. The second-order valence-electron chi connectivity index (χ2n) is 5.29. The number of hydrogen-bond donors (Lipinski definition) is 1. The molecule has 1 fully saturated rings. The third-order valence-electron chi connectivity index (χ3n) is 3.50. The molecule has 1 aliphatic heterocycles. The third kappa shape index (κ3) is 8.48. The van der Waals surface area contributed by atoms with Crippen molar-refractivity contribution in [3.63, 3.8) is 0 Å². The molecule has 0 saturated carbocycles. The first kappa shape index (κ1) is 22.2. The Morgan fingerprint density at radius 1 is 1.19 bits per heavy atom. The lowest BCUT2D eigenvalue weighted by molar-refractivity contribution is -0.192. The summed E-state index contributed by atoms with van der Waals surface area (Å²) in [6, 6.07) is 1.78. The summed E-state index contributed by atoms with van der Waals surface area (Å²) >= 11 is 1.41. The summed E-state index contributed by atoms with van der Waals surface area (Å²) in [5.41, 5.74) is 0. The molecule has 1 amide bonds. The van der Waals surface area contributed by atoms with Crippen molar-refractivity contribution in [3.8, 4) is 0 Å². The molecule has 2 heterocycles. The molecule has 0 aromatic carbocycles. The molecule has 1 aliphatic rings. The number of halogens is 3. The smallest absolute Gasteiger partial charge is 0.475 e. The largest absolute Gasteiger partial charge is 0.490 e. The second-order valence-corrected chi connectivity index (χ2v) is 6.23. The van der Waals surface area contributed by atoms with Gasteiger partial charge in [0.2, 0.25) is 5.91 Å². The van der Waals surface area contributed by atoms with E-state index in [2.05, 4.69) is 21.8 Å². The number of alkyl halides is 3. The molecular formula is C15H21F3N4O3S. The lowest BCUT2D eigenvalue weighted by Gasteiger charge is -2.20. The molecule has 1 aromatic rings. The number of aliphatic carboxylic acids is 1. The lowest BCUT2D eigenvalue weighted by atomic mass is 10.4. The van der Waals surface area contributed by atoms with Crippen molar-refractivity contribution >= 4 is 23.6 Å². The van der Waals surface area contributed by atoms with E-state index in [9.17, 15) is 18.0 Å². The maximum absolute atomic E-state index is 12.2. The van der Waals surface area contributed by atoms with Crippen LogP contribution in [-0.2, 0) is 9.59 Å². The molecule has 0 unspecified atom stereocenters. The topological polar surface area (TPSA) is 86.6 Å². The molecule has 0 radical (unpaired) electrons. The Hall–Kier alpha value is -1.88. The van der Waals surface area contributed by atoms with E-state index in [1.54, 1.807) is 18.5 Å². The Morgan fingerprint density at radius 2 is 1.81 bits per heavy atom. The van der Waals surface area contributed by atoms with Gasteiger partial charge in [-0.05, 0) is 25.6 Å². The van der Waals surface area contributed by atoms with Gasteiger partial charge in [-0.2, -0.15) is 13.2 Å². The average Bonchev–Trinajstić information content (AvgIpc) is 2.86. The zero-order valence-electron chi connectivity index (χ0n) is 14.3. The van der Waals surface area contributed by atoms with Crippen molar-refractivity contribution in [2.75, 3.05) is 38.5 Å². The van der Waals surface area contributed by atoms with Gasteiger partial charge in [0.15, 0.2) is 5.16 Å². The van der Waals surface area contributed by atoms with Gasteiger partial charge in [-0.3, -0.25) is 4.79 Å². The molecule has 7 nitrogen and oxygen atoms in total. The summed E-state index contributed by atoms with van der Waals surface area (Å²) in [5.74, 6) is -2.14. The van der Waals surface area contributed by atoms with Gasteiger partial charge in [0, 0.05) is 32.0 Å². The Kier molecular flexibility index (Phi) is 9.35. The van der Waals surface area contributed by atoms with Gasteiger partial charge in [-0.25, -0.2) is 14.8 Å². The Morgan fingerprint density at radius 3 is 2.35 bits per heavy atom. The van der Waals surface area contributed by atoms with Crippen molar-refractivity contribution < 1.29 is 27.9 Å². The highest BCUT2D eigenvalue weighted by Crippen LogP contribution is 2.13. The normalized spacial score (nSPS) is 15.6. The fourth-order valence-corrected chi connectivity index (χ4v) is 2.82. The highest BCUT2D eigenvalue weighted by atomic mass is 32.2. The maximum Gasteiger partial charge on any atom is 0.490 e. The predicted molar refractivity (Wildman–Crippen MR) is 89.8 cm³/mol. The van der Waals surface area contributed by atoms with Crippen LogP contribution in [0, 0.1) is 0 Å². The summed E-state index contributed by atoms with van der Waals surface area (Å²) < 4.78 is 31.7. The number of hydrogen-bond acceptors (Lipinski definition) is 6.